The van der Waals surface area contributed by atoms with E-state index in [1.165, 1.54) is 11.0 Å². The maximum atomic E-state index is 11.9. The van der Waals surface area contributed by atoms with Crippen LogP contribution in [0.2, 0.25) is 0 Å². The Morgan fingerprint density at radius 3 is 2.87 bits per heavy atom. The van der Waals surface area contributed by atoms with E-state index in [1.54, 1.807) is 12.1 Å². The van der Waals surface area contributed by atoms with E-state index in [0.717, 1.165) is 14.9 Å². The molecule has 116 valence electrons. The molecule has 0 aliphatic carbocycles. The lowest BCUT2D eigenvalue weighted by Gasteiger charge is -2.09. The predicted molar refractivity (Wildman–Crippen MR) is 92.4 cm³/mol. The van der Waals surface area contributed by atoms with Gasteiger partial charge in [-0.2, -0.15) is 0 Å². The first-order valence-electron chi connectivity index (χ1n) is 6.72. The van der Waals surface area contributed by atoms with Gasteiger partial charge in [0.05, 0.1) is 5.69 Å². The van der Waals surface area contributed by atoms with E-state index in [9.17, 15) is 4.79 Å². The molecule has 0 bridgehead atoms. The number of benzene rings is 2. The van der Waals surface area contributed by atoms with Crippen LogP contribution < -0.4 is 10.1 Å². The summed E-state index contributed by atoms with van der Waals surface area (Å²) < 4.78 is 8.08. The van der Waals surface area contributed by atoms with Gasteiger partial charge < -0.3 is 10.1 Å². The molecule has 0 saturated heterocycles. The first kappa shape index (κ1) is 15.4. The Hall–Kier alpha value is -2.49. The van der Waals surface area contributed by atoms with E-state index in [2.05, 4.69) is 43.4 Å². The van der Waals surface area contributed by atoms with Crippen LogP contribution in [-0.4, -0.2) is 32.7 Å². The molecule has 2 aromatic carbocycles. The number of hydrogen-bond donors (Lipinski definition) is 1. The highest BCUT2D eigenvalue weighted by Gasteiger charge is 2.05. The second kappa shape index (κ2) is 7.18. The Morgan fingerprint density at radius 2 is 2.09 bits per heavy atom. The molecule has 1 aromatic heterocycles. The number of aromatic nitrogens is 4. The van der Waals surface area contributed by atoms with Crippen molar-refractivity contribution in [3.8, 4) is 11.4 Å². The largest absolute Gasteiger partial charge is 0.484 e. The lowest BCUT2D eigenvalue weighted by Crippen LogP contribution is -2.20. The smallest absolute Gasteiger partial charge is 0.262 e. The number of hydrogen-bond acceptors (Lipinski definition) is 5. The van der Waals surface area contributed by atoms with Crippen LogP contribution in [0.25, 0.3) is 5.69 Å². The summed E-state index contributed by atoms with van der Waals surface area (Å²) in [7, 11) is 0. The van der Waals surface area contributed by atoms with Crippen molar-refractivity contribution in [2.24, 2.45) is 0 Å². The average molecular weight is 421 g/mol. The fraction of sp³-hybridized carbons (Fsp3) is 0.0667. The number of nitrogens with zero attached hydrogens (tertiary/aromatic N) is 4. The molecule has 0 spiro atoms. The van der Waals surface area contributed by atoms with Crippen molar-refractivity contribution >= 4 is 34.2 Å². The Bertz CT molecular complexity index is 807. The van der Waals surface area contributed by atoms with Gasteiger partial charge in [-0.1, -0.05) is 12.1 Å². The number of nitrogens with one attached hydrogen (secondary N) is 1. The lowest BCUT2D eigenvalue weighted by atomic mass is 10.3. The van der Waals surface area contributed by atoms with Gasteiger partial charge in [0, 0.05) is 15.3 Å². The Kier molecular flexibility index (Phi) is 4.81. The molecule has 23 heavy (non-hydrogen) atoms. The highest BCUT2D eigenvalue weighted by Crippen LogP contribution is 2.16. The van der Waals surface area contributed by atoms with Gasteiger partial charge in [0.1, 0.15) is 12.1 Å². The van der Waals surface area contributed by atoms with E-state index in [-0.39, 0.29) is 12.5 Å². The quantitative estimate of drug-likeness (QED) is 0.640. The Morgan fingerprint density at radius 1 is 1.22 bits per heavy atom. The van der Waals surface area contributed by atoms with Crippen molar-refractivity contribution < 1.29 is 9.53 Å². The minimum Gasteiger partial charge on any atom is -0.484 e. The lowest BCUT2D eigenvalue weighted by molar-refractivity contribution is -0.118. The number of amides is 1. The molecule has 0 atom stereocenters. The maximum absolute atomic E-state index is 11.9. The summed E-state index contributed by atoms with van der Waals surface area (Å²) in [5.41, 5.74) is 1.50. The van der Waals surface area contributed by atoms with Crippen molar-refractivity contribution in [2.45, 2.75) is 0 Å². The summed E-state index contributed by atoms with van der Waals surface area (Å²) in [5, 5.41) is 13.8. The standard InChI is InChI=1S/C15H12IN5O2/c16-11-3-1-4-12(7-11)18-15(22)9-23-14-6-2-5-13(8-14)21-10-17-19-20-21/h1-8,10H,9H2,(H,18,22). The highest BCUT2D eigenvalue weighted by atomic mass is 127. The molecule has 0 unspecified atom stereocenters. The number of carbonyl (C=O) groups excluding carboxylic acids is 1. The molecular weight excluding hydrogens is 409 g/mol. The van der Waals surface area contributed by atoms with E-state index < -0.39 is 0 Å². The van der Waals surface area contributed by atoms with E-state index in [1.807, 2.05) is 36.4 Å². The third kappa shape index (κ3) is 4.25. The molecule has 3 rings (SSSR count). The van der Waals surface area contributed by atoms with E-state index in [4.69, 9.17) is 4.74 Å². The van der Waals surface area contributed by atoms with Crippen molar-refractivity contribution in [2.75, 3.05) is 11.9 Å². The third-order valence-corrected chi connectivity index (χ3v) is 3.58. The van der Waals surface area contributed by atoms with Crippen LogP contribution >= 0.6 is 22.6 Å². The first-order chi connectivity index (χ1) is 11.2. The van der Waals surface area contributed by atoms with Crippen molar-refractivity contribution in [3.05, 3.63) is 58.4 Å². The normalized spacial score (nSPS) is 10.3. The summed E-state index contributed by atoms with van der Waals surface area (Å²) in [6, 6.07) is 14.7. The Labute approximate surface area is 145 Å². The van der Waals surface area contributed by atoms with Crippen LogP contribution in [0.15, 0.2) is 54.9 Å². The van der Waals surface area contributed by atoms with Crippen molar-refractivity contribution in [1.29, 1.82) is 0 Å². The van der Waals surface area contributed by atoms with Crippen LogP contribution in [0.1, 0.15) is 0 Å². The van der Waals surface area contributed by atoms with E-state index in [0.29, 0.717) is 5.75 Å². The second-order valence-electron chi connectivity index (χ2n) is 4.60. The second-order valence-corrected chi connectivity index (χ2v) is 5.84. The summed E-state index contributed by atoms with van der Waals surface area (Å²) >= 11 is 2.19. The van der Waals surface area contributed by atoms with Crippen LogP contribution in [-0.2, 0) is 4.79 Å². The molecule has 1 N–H and O–H groups in total. The zero-order valence-corrected chi connectivity index (χ0v) is 14.0. The van der Waals surface area contributed by atoms with Gasteiger partial charge >= 0.3 is 0 Å². The molecule has 0 saturated carbocycles. The summed E-state index contributed by atoms with van der Waals surface area (Å²) in [6.07, 6.45) is 1.49. The van der Waals surface area contributed by atoms with Crippen molar-refractivity contribution in [1.82, 2.24) is 20.2 Å². The molecule has 0 aliphatic rings. The van der Waals surface area contributed by atoms with Gasteiger partial charge in [0.25, 0.3) is 5.91 Å². The molecule has 3 aromatic rings. The maximum Gasteiger partial charge on any atom is 0.262 e. The number of halogens is 1. The van der Waals surface area contributed by atoms with Crippen LogP contribution in [0.3, 0.4) is 0 Å². The van der Waals surface area contributed by atoms with Crippen LogP contribution in [0.4, 0.5) is 5.69 Å². The number of tetrazole rings is 1. The van der Waals surface area contributed by atoms with Crippen LogP contribution in [0.5, 0.6) is 5.75 Å². The molecule has 1 amide bonds. The molecular formula is C15H12IN5O2. The fourth-order valence-electron chi connectivity index (χ4n) is 1.91. The number of anilines is 1. The molecule has 0 aliphatic heterocycles. The highest BCUT2D eigenvalue weighted by molar-refractivity contribution is 14.1. The summed E-state index contributed by atoms with van der Waals surface area (Å²) in [5.74, 6) is 0.343. The van der Waals surface area contributed by atoms with Gasteiger partial charge in [0.2, 0.25) is 0 Å². The number of carbonyl (C=O) groups is 1. The summed E-state index contributed by atoms with van der Waals surface area (Å²) in [4.78, 5) is 11.9. The fourth-order valence-corrected chi connectivity index (χ4v) is 2.45. The van der Waals surface area contributed by atoms with Gasteiger partial charge in [-0.15, -0.1) is 5.10 Å². The van der Waals surface area contributed by atoms with Gasteiger partial charge in [-0.05, 0) is 63.3 Å². The molecule has 0 radical (unpaired) electrons. The van der Waals surface area contributed by atoms with Crippen molar-refractivity contribution in [3.63, 3.8) is 0 Å². The topological polar surface area (TPSA) is 81.9 Å². The minimum atomic E-state index is -0.222. The molecule has 1 heterocycles. The number of rotatable bonds is 5. The van der Waals surface area contributed by atoms with Gasteiger partial charge in [-0.25, -0.2) is 4.68 Å². The van der Waals surface area contributed by atoms with Gasteiger partial charge in [0.15, 0.2) is 6.61 Å². The number of ether oxygens (including phenoxy) is 1. The SMILES string of the molecule is O=C(COc1cccc(-n2cnnn2)c1)Nc1cccc(I)c1. The molecule has 7 nitrogen and oxygen atoms in total. The predicted octanol–water partition coefficient (Wildman–Crippen LogP) is 2.28. The zero-order chi connectivity index (χ0) is 16.1. The Balaban J connectivity index is 1.60. The van der Waals surface area contributed by atoms with Crippen LogP contribution in [0, 0.1) is 3.57 Å². The average Bonchev–Trinajstić information content (AvgIpc) is 3.08. The monoisotopic (exact) mass is 421 g/mol. The first-order valence-corrected chi connectivity index (χ1v) is 7.80. The third-order valence-electron chi connectivity index (χ3n) is 2.91. The minimum absolute atomic E-state index is 0.0788. The molecule has 0 fully saturated rings. The zero-order valence-electron chi connectivity index (χ0n) is 11.9. The summed E-state index contributed by atoms with van der Waals surface area (Å²) in [6.45, 7) is -0.0788. The van der Waals surface area contributed by atoms with E-state index >= 15 is 0 Å². The van der Waals surface area contributed by atoms with Gasteiger partial charge in [-0.3, -0.25) is 4.79 Å². The molecule has 8 heteroatoms.